The molecule has 2 aromatic carbocycles. The van der Waals surface area contributed by atoms with Crippen molar-refractivity contribution in [3.05, 3.63) is 48.0 Å². The van der Waals surface area contributed by atoms with E-state index in [4.69, 9.17) is 0 Å². The van der Waals surface area contributed by atoms with Crippen LogP contribution >= 0.6 is 0 Å². The summed E-state index contributed by atoms with van der Waals surface area (Å²) in [6.45, 7) is 3.28. The van der Waals surface area contributed by atoms with E-state index in [0.29, 0.717) is 19.1 Å². The summed E-state index contributed by atoms with van der Waals surface area (Å²) in [5, 5.41) is 5.44. The smallest absolute Gasteiger partial charge is 0.254 e. The van der Waals surface area contributed by atoms with Gasteiger partial charge in [0.25, 0.3) is 5.91 Å². The third-order valence-electron chi connectivity index (χ3n) is 6.36. The van der Waals surface area contributed by atoms with Crippen molar-refractivity contribution >= 4 is 22.6 Å². The summed E-state index contributed by atoms with van der Waals surface area (Å²) >= 11 is 0. The van der Waals surface area contributed by atoms with Gasteiger partial charge in [0.05, 0.1) is 0 Å². The Kier molecular flexibility index (Phi) is 5.62. The van der Waals surface area contributed by atoms with Crippen LogP contribution in [0.4, 0.5) is 0 Å². The number of nitrogens with one attached hydrogen (secondary N) is 1. The van der Waals surface area contributed by atoms with Gasteiger partial charge in [-0.1, -0.05) is 36.4 Å². The SMILES string of the molecule is CN(C(=O)C1CCN(C(=O)c2cccc3ccccc23)CC1)C1CCNCC1. The van der Waals surface area contributed by atoms with Crippen LogP contribution in [0.15, 0.2) is 42.5 Å². The van der Waals surface area contributed by atoms with E-state index in [-0.39, 0.29) is 17.7 Å². The van der Waals surface area contributed by atoms with Gasteiger partial charge in [-0.2, -0.15) is 0 Å². The first-order valence-electron chi connectivity index (χ1n) is 10.4. The first-order chi connectivity index (χ1) is 13.6. The molecule has 5 heteroatoms. The molecule has 2 fully saturated rings. The minimum Gasteiger partial charge on any atom is -0.342 e. The monoisotopic (exact) mass is 379 g/mol. The van der Waals surface area contributed by atoms with Gasteiger partial charge >= 0.3 is 0 Å². The lowest BCUT2D eigenvalue weighted by Gasteiger charge is -2.37. The molecule has 2 aliphatic rings. The molecule has 0 unspecified atom stereocenters. The summed E-state index contributed by atoms with van der Waals surface area (Å²) in [6, 6.07) is 14.2. The number of rotatable bonds is 3. The predicted molar refractivity (Wildman–Crippen MR) is 111 cm³/mol. The summed E-state index contributed by atoms with van der Waals surface area (Å²) in [5.41, 5.74) is 0.759. The number of benzene rings is 2. The molecule has 2 heterocycles. The lowest BCUT2D eigenvalue weighted by Crippen LogP contribution is -2.48. The molecule has 2 aromatic rings. The van der Waals surface area contributed by atoms with E-state index >= 15 is 0 Å². The molecule has 2 amide bonds. The summed E-state index contributed by atoms with van der Waals surface area (Å²) in [6.07, 6.45) is 3.57. The van der Waals surface area contributed by atoms with Crippen LogP contribution in [-0.2, 0) is 4.79 Å². The van der Waals surface area contributed by atoms with E-state index in [0.717, 1.165) is 55.1 Å². The van der Waals surface area contributed by atoms with Gasteiger partial charge in [-0.25, -0.2) is 0 Å². The van der Waals surface area contributed by atoms with Crippen molar-refractivity contribution in [2.24, 2.45) is 5.92 Å². The molecular weight excluding hydrogens is 350 g/mol. The molecule has 148 valence electrons. The van der Waals surface area contributed by atoms with E-state index in [1.165, 1.54) is 0 Å². The molecule has 0 atom stereocenters. The van der Waals surface area contributed by atoms with Crippen LogP contribution in [0.2, 0.25) is 0 Å². The fraction of sp³-hybridized carbons (Fsp3) is 0.478. The second-order valence-electron chi connectivity index (χ2n) is 8.02. The van der Waals surface area contributed by atoms with Crippen LogP contribution in [0.25, 0.3) is 10.8 Å². The van der Waals surface area contributed by atoms with E-state index < -0.39 is 0 Å². The second kappa shape index (κ2) is 8.31. The number of fused-ring (bicyclic) bond motifs is 1. The quantitative estimate of drug-likeness (QED) is 0.892. The maximum atomic E-state index is 13.1. The molecule has 28 heavy (non-hydrogen) atoms. The fourth-order valence-electron chi connectivity index (χ4n) is 4.57. The molecule has 0 aromatic heterocycles. The van der Waals surface area contributed by atoms with E-state index in [1.54, 1.807) is 0 Å². The largest absolute Gasteiger partial charge is 0.342 e. The summed E-state index contributed by atoms with van der Waals surface area (Å²) in [7, 11) is 1.95. The fourth-order valence-corrected chi connectivity index (χ4v) is 4.57. The molecule has 0 aliphatic carbocycles. The van der Waals surface area contributed by atoms with Crippen molar-refractivity contribution in [1.82, 2.24) is 15.1 Å². The van der Waals surface area contributed by atoms with Gasteiger partial charge in [0.2, 0.25) is 5.91 Å². The molecule has 0 radical (unpaired) electrons. The van der Waals surface area contributed by atoms with Gasteiger partial charge in [0, 0.05) is 37.7 Å². The third kappa shape index (κ3) is 3.76. The molecule has 4 rings (SSSR count). The molecule has 2 aliphatic heterocycles. The van der Waals surface area contributed by atoms with Gasteiger partial charge in [0.1, 0.15) is 0 Å². The molecule has 5 nitrogen and oxygen atoms in total. The highest BCUT2D eigenvalue weighted by Gasteiger charge is 2.32. The number of carbonyl (C=O) groups excluding carboxylic acids is 2. The topological polar surface area (TPSA) is 52.7 Å². The number of amides is 2. The number of likely N-dealkylation sites (tertiary alicyclic amines) is 1. The van der Waals surface area contributed by atoms with Gasteiger partial charge in [0.15, 0.2) is 0 Å². The third-order valence-corrected chi connectivity index (χ3v) is 6.36. The van der Waals surface area contributed by atoms with Crippen LogP contribution < -0.4 is 5.32 Å². The zero-order valence-electron chi connectivity index (χ0n) is 16.6. The Morgan fingerprint density at radius 3 is 2.39 bits per heavy atom. The van der Waals surface area contributed by atoms with Crippen LogP contribution in [0.3, 0.4) is 0 Å². The zero-order chi connectivity index (χ0) is 19.5. The molecule has 0 spiro atoms. The zero-order valence-corrected chi connectivity index (χ0v) is 16.6. The highest BCUT2D eigenvalue weighted by atomic mass is 16.2. The standard InChI is InChI=1S/C23H29N3O2/c1-25(19-9-13-24-14-10-19)22(27)18-11-15-26(16-12-18)23(28)21-8-4-6-17-5-2-3-7-20(17)21/h2-8,18-19,24H,9-16H2,1H3. The van der Waals surface area contributed by atoms with Gasteiger partial charge in [-0.3, -0.25) is 9.59 Å². The van der Waals surface area contributed by atoms with Crippen molar-refractivity contribution in [1.29, 1.82) is 0 Å². The first kappa shape index (κ1) is 18.9. The summed E-state index contributed by atoms with van der Waals surface area (Å²) in [4.78, 5) is 29.9. The Labute approximate surface area is 166 Å². The summed E-state index contributed by atoms with van der Waals surface area (Å²) in [5.74, 6) is 0.370. The number of carbonyl (C=O) groups is 2. The van der Waals surface area contributed by atoms with Crippen molar-refractivity contribution < 1.29 is 9.59 Å². The van der Waals surface area contributed by atoms with E-state index in [9.17, 15) is 9.59 Å². The summed E-state index contributed by atoms with van der Waals surface area (Å²) < 4.78 is 0. The van der Waals surface area contributed by atoms with Crippen molar-refractivity contribution in [3.63, 3.8) is 0 Å². The number of nitrogens with zero attached hydrogens (tertiary/aromatic N) is 2. The second-order valence-corrected chi connectivity index (χ2v) is 8.02. The van der Waals surface area contributed by atoms with Gasteiger partial charge in [-0.15, -0.1) is 0 Å². The van der Waals surface area contributed by atoms with Crippen LogP contribution in [0.5, 0.6) is 0 Å². The maximum absolute atomic E-state index is 13.1. The lowest BCUT2D eigenvalue weighted by molar-refractivity contribution is -0.138. The lowest BCUT2D eigenvalue weighted by atomic mass is 9.93. The predicted octanol–water partition coefficient (Wildman–Crippen LogP) is 2.90. The minimum atomic E-state index is 0.0384. The molecule has 0 saturated carbocycles. The van der Waals surface area contributed by atoms with Gasteiger partial charge < -0.3 is 15.1 Å². The first-order valence-corrected chi connectivity index (χ1v) is 10.4. The molecule has 0 bridgehead atoms. The van der Waals surface area contributed by atoms with Crippen molar-refractivity contribution in [2.75, 3.05) is 33.2 Å². The highest BCUT2D eigenvalue weighted by Crippen LogP contribution is 2.25. The minimum absolute atomic E-state index is 0.0384. The highest BCUT2D eigenvalue weighted by molar-refractivity contribution is 6.07. The average molecular weight is 380 g/mol. The van der Waals surface area contributed by atoms with Crippen molar-refractivity contribution in [3.8, 4) is 0 Å². The van der Waals surface area contributed by atoms with Crippen LogP contribution in [0.1, 0.15) is 36.0 Å². The van der Waals surface area contributed by atoms with E-state index in [1.807, 2.05) is 59.3 Å². The van der Waals surface area contributed by atoms with E-state index in [2.05, 4.69) is 5.32 Å². The Balaban J connectivity index is 1.39. The Morgan fingerprint density at radius 1 is 0.964 bits per heavy atom. The number of piperidine rings is 2. The Hall–Kier alpha value is -2.40. The van der Waals surface area contributed by atoms with Crippen molar-refractivity contribution in [2.45, 2.75) is 31.7 Å². The molecular formula is C23H29N3O2. The van der Waals surface area contributed by atoms with Crippen LogP contribution in [-0.4, -0.2) is 60.9 Å². The number of hydrogen-bond acceptors (Lipinski definition) is 3. The van der Waals surface area contributed by atoms with Gasteiger partial charge in [-0.05, 0) is 55.6 Å². The normalized spacial score (nSPS) is 19.0. The average Bonchev–Trinajstić information content (AvgIpc) is 2.78. The van der Waals surface area contributed by atoms with Crippen LogP contribution in [0, 0.1) is 5.92 Å². The molecule has 2 saturated heterocycles. The Morgan fingerprint density at radius 2 is 1.64 bits per heavy atom. The molecule has 1 N–H and O–H groups in total. The maximum Gasteiger partial charge on any atom is 0.254 e. The number of hydrogen-bond donors (Lipinski definition) is 1. The Bertz CT molecular complexity index is 847.